The van der Waals surface area contributed by atoms with E-state index in [2.05, 4.69) is 27.0 Å². The summed E-state index contributed by atoms with van der Waals surface area (Å²) in [5.74, 6) is 0.680. The van der Waals surface area contributed by atoms with Gasteiger partial charge in [-0.3, -0.25) is 5.41 Å². The molecule has 2 aromatic carbocycles. The maximum absolute atomic E-state index is 13.1. The second kappa shape index (κ2) is 8.06. The van der Waals surface area contributed by atoms with Gasteiger partial charge in [-0.2, -0.15) is 0 Å². The number of hydrogen-bond acceptors (Lipinski definition) is 4. The van der Waals surface area contributed by atoms with Gasteiger partial charge < -0.3 is 19.9 Å². The highest BCUT2D eigenvalue weighted by Gasteiger charge is 2.30. The number of aliphatic hydroxyl groups is 1. The average Bonchev–Trinajstić information content (AvgIpc) is 3.33. The highest BCUT2D eigenvalue weighted by molar-refractivity contribution is 6.23. The number of amidine groups is 1. The molecule has 7 heteroatoms. The van der Waals surface area contributed by atoms with Crippen LogP contribution in [0, 0.1) is 11.2 Å². The predicted molar refractivity (Wildman–Crippen MR) is 121 cm³/mol. The predicted octanol–water partition coefficient (Wildman–Crippen LogP) is 4.50. The van der Waals surface area contributed by atoms with E-state index in [-0.39, 0.29) is 24.0 Å². The number of imidazole rings is 1. The van der Waals surface area contributed by atoms with Gasteiger partial charge in [0.05, 0.1) is 23.2 Å². The first-order valence-electron chi connectivity index (χ1n) is 10.8. The fraction of sp³-hybridized carbons (Fsp3) is 0.333. The van der Waals surface area contributed by atoms with Crippen molar-refractivity contribution in [1.82, 2.24) is 14.9 Å². The summed E-state index contributed by atoms with van der Waals surface area (Å²) >= 11 is 0. The van der Waals surface area contributed by atoms with E-state index in [9.17, 15) is 9.50 Å². The molecule has 3 aromatic rings. The van der Waals surface area contributed by atoms with Crippen LogP contribution in [0.1, 0.15) is 30.7 Å². The van der Waals surface area contributed by atoms with Crippen molar-refractivity contribution in [3.63, 3.8) is 0 Å². The van der Waals surface area contributed by atoms with Gasteiger partial charge in [0, 0.05) is 25.3 Å². The number of hydrogen-bond donors (Lipinski definition) is 3. The van der Waals surface area contributed by atoms with Crippen LogP contribution in [-0.4, -0.2) is 52.0 Å². The topological polar surface area (TPSA) is 79.2 Å². The molecule has 1 fully saturated rings. The van der Waals surface area contributed by atoms with Crippen LogP contribution in [0.5, 0.6) is 0 Å². The van der Waals surface area contributed by atoms with Gasteiger partial charge in [-0.05, 0) is 61.6 Å². The summed E-state index contributed by atoms with van der Waals surface area (Å²) in [6.07, 6.45) is 4.40. The third-order valence-corrected chi connectivity index (χ3v) is 6.19. The molecule has 1 aromatic heterocycles. The molecule has 0 bridgehead atoms. The highest BCUT2D eigenvalue weighted by Crippen LogP contribution is 2.29. The Morgan fingerprint density at radius 2 is 1.84 bits per heavy atom. The van der Waals surface area contributed by atoms with E-state index < -0.39 is 0 Å². The van der Waals surface area contributed by atoms with E-state index in [1.807, 2.05) is 11.0 Å². The molecule has 0 amide bonds. The van der Waals surface area contributed by atoms with Crippen molar-refractivity contribution in [2.45, 2.75) is 25.7 Å². The van der Waals surface area contributed by atoms with Crippen LogP contribution in [0.4, 0.5) is 10.1 Å². The minimum Gasteiger partial charge on any atom is -0.510 e. The number of fused-ring (bicyclic) bond motifs is 1. The summed E-state index contributed by atoms with van der Waals surface area (Å²) in [5, 5.41) is 19.2. The van der Waals surface area contributed by atoms with Crippen molar-refractivity contribution in [3.8, 4) is 0 Å². The van der Waals surface area contributed by atoms with Gasteiger partial charge in [-0.15, -0.1) is 0 Å². The number of piperidine rings is 1. The second-order valence-electron chi connectivity index (χ2n) is 8.30. The molecular formula is C24H26FN5O. The van der Waals surface area contributed by atoms with Crippen LogP contribution in [0.2, 0.25) is 0 Å². The molecule has 3 N–H and O–H groups in total. The van der Waals surface area contributed by atoms with Crippen LogP contribution in [0.15, 0.2) is 48.2 Å². The van der Waals surface area contributed by atoms with E-state index in [1.165, 1.54) is 37.1 Å². The zero-order chi connectivity index (χ0) is 21.4. The van der Waals surface area contributed by atoms with Crippen molar-refractivity contribution in [2.24, 2.45) is 0 Å². The Kier molecular flexibility index (Phi) is 5.10. The molecule has 0 atom stereocenters. The van der Waals surface area contributed by atoms with E-state index >= 15 is 0 Å². The maximum atomic E-state index is 13.1. The summed E-state index contributed by atoms with van der Waals surface area (Å²) in [6, 6.07) is 12.6. The lowest BCUT2D eigenvalue weighted by atomic mass is 10.1. The number of anilines is 1. The smallest absolute Gasteiger partial charge is 0.145 e. The maximum Gasteiger partial charge on any atom is 0.145 e. The van der Waals surface area contributed by atoms with Gasteiger partial charge in [-0.1, -0.05) is 12.1 Å². The molecule has 0 unspecified atom stereocenters. The first-order chi connectivity index (χ1) is 15.1. The van der Waals surface area contributed by atoms with Crippen LogP contribution in [0.25, 0.3) is 16.6 Å². The highest BCUT2D eigenvalue weighted by atomic mass is 19.1. The number of aromatic amines is 1. The lowest BCUT2D eigenvalue weighted by Crippen LogP contribution is -2.29. The van der Waals surface area contributed by atoms with Gasteiger partial charge in [0.25, 0.3) is 0 Å². The van der Waals surface area contributed by atoms with Gasteiger partial charge >= 0.3 is 0 Å². The molecular weight excluding hydrogens is 393 g/mol. The first-order valence-corrected chi connectivity index (χ1v) is 10.8. The largest absolute Gasteiger partial charge is 0.510 e. The molecule has 0 aliphatic carbocycles. The summed E-state index contributed by atoms with van der Waals surface area (Å²) < 4.78 is 13.1. The molecule has 160 valence electrons. The molecule has 31 heavy (non-hydrogen) atoms. The quantitative estimate of drug-likeness (QED) is 0.569. The molecule has 2 aliphatic heterocycles. The standard InChI is InChI=1S/C24H26FN5O/c25-17-6-4-16(5-7-17)10-13-30-15-21(31)22(23(30)26)24-27-19-9-8-18(14-20(19)28-24)29-11-2-1-3-12-29/h4-9,14,26,31H,1-3,10-13,15H2,(H,27,28). The molecule has 3 heterocycles. The van der Waals surface area contributed by atoms with Crippen molar-refractivity contribution in [3.05, 3.63) is 65.4 Å². The fourth-order valence-electron chi connectivity index (χ4n) is 4.45. The van der Waals surface area contributed by atoms with Crippen LogP contribution < -0.4 is 4.90 Å². The van der Waals surface area contributed by atoms with Crippen molar-refractivity contribution >= 4 is 28.1 Å². The van der Waals surface area contributed by atoms with Gasteiger partial charge in [0.15, 0.2) is 0 Å². The van der Waals surface area contributed by atoms with E-state index in [0.717, 1.165) is 29.7 Å². The Bertz CT molecular complexity index is 1140. The summed E-state index contributed by atoms with van der Waals surface area (Å²) in [6.45, 7) is 3.00. The Labute approximate surface area is 180 Å². The first kappa shape index (κ1) is 19.6. The average molecular weight is 420 g/mol. The lowest BCUT2D eigenvalue weighted by molar-refractivity contribution is 0.351. The molecule has 0 radical (unpaired) electrons. The zero-order valence-corrected chi connectivity index (χ0v) is 17.4. The van der Waals surface area contributed by atoms with E-state index in [1.54, 1.807) is 12.1 Å². The van der Waals surface area contributed by atoms with Crippen molar-refractivity contribution in [1.29, 1.82) is 5.41 Å². The van der Waals surface area contributed by atoms with Gasteiger partial charge in [0.1, 0.15) is 23.2 Å². The third kappa shape index (κ3) is 3.87. The molecule has 6 nitrogen and oxygen atoms in total. The molecule has 0 spiro atoms. The number of nitrogens with zero attached hydrogens (tertiary/aromatic N) is 3. The van der Waals surface area contributed by atoms with Crippen LogP contribution >= 0.6 is 0 Å². The molecule has 0 saturated carbocycles. The summed E-state index contributed by atoms with van der Waals surface area (Å²) in [7, 11) is 0. The Balaban J connectivity index is 1.33. The van der Waals surface area contributed by atoms with Crippen molar-refractivity contribution < 1.29 is 9.50 Å². The number of aliphatic hydroxyl groups excluding tert-OH is 1. The Morgan fingerprint density at radius 1 is 1.06 bits per heavy atom. The summed E-state index contributed by atoms with van der Waals surface area (Å²) in [4.78, 5) is 12.2. The van der Waals surface area contributed by atoms with Gasteiger partial charge in [0.2, 0.25) is 0 Å². The number of H-pyrrole nitrogens is 1. The Morgan fingerprint density at radius 3 is 2.61 bits per heavy atom. The third-order valence-electron chi connectivity index (χ3n) is 6.19. The van der Waals surface area contributed by atoms with E-state index in [0.29, 0.717) is 24.4 Å². The zero-order valence-electron chi connectivity index (χ0n) is 17.4. The van der Waals surface area contributed by atoms with Crippen LogP contribution in [0.3, 0.4) is 0 Å². The number of benzene rings is 2. The normalized spacial score (nSPS) is 17.3. The SMILES string of the molecule is N=C1C(c2nc3ccc(N4CCCCC4)cc3[nH]2)=C(O)CN1CCc1ccc(F)cc1. The molecule has 5 rings (SSSR count). The number of aromatic nitrogens is 2. The van der Waals surface area contributed by atoms with Gasteiger partial charge in [-0.25, -0.2) is 9.37 Å². The Hall–Kier alpha value is -3.35. The minimum absolute atomic E-state index is 0.152. The molecule has 1 saturated heterocycles. The number of nitrogens with one attached hydrogen (secondary N) is 2. The number of halogens is 1. The monoisotopic (exact) mass is 419 g/mol. The minimum atomic E-state index is -0.257. The summed E-state index contributed by atoms with van der Waals surface area (Å²) in [5.41, 5.74) is 4.37. The lowest BCUT2D eigenvalue weighted by Gasteiger charge is -2.28. The number of rotatable bonds is 5. The second-order valence-corrected chi connectivity index (χ2v) is 8.30. The fourth-order valence-corrected chi connectivity index (χ4v) is 4.45. The van der Waals surface area contributed by atoms with Crippen molar-refractivity contribution in [2.75, 3.05) is 31.1 Å². The molecule has 2 aliphatic rings. The van der Waals surface area contributed by atoms with Crippen LogP contribution in [-0.2, 0) is 6.42 Å². The van der Waals surface area contributed by atoms with E-state index in [4.69, 9.17) is 5.41 Å².